The lowest BCUT2D eigenvalue weighted by Gasteiger charge is -2.29. The summed E-state index contributed by atoms with van der Waals surface area (Å²) >= 11 is 0. The van der Waals surface area contributed by atoms with Gasteiger partial charge in [-0.05, 0) is 101 Å². The van der Waals surface area contributed by atoms with Crippen LogP contribution >= 0.6 is 0 Å². The number of hydrogen-bond donors (Lipinski definition) is 2. The summed E-state index contributed by atoms with van der Waals surface area (Å²) in [6.07, 6.45) is 4.78. The number of nitrogens with one attached hydrogen (secondary N) is 1. The van der Waals surface area contributed by atoms with Gasteiger partial charge >= 0.3 is 0 Å². The maximum Gasteiger partial charge on any atom is 0.220 e. The topological polar surface area (TPSA) is 74.7 Å². The second kappa shape index (κ2) is 10.4. The number of carbonyl (C=O) groups excluding carboxylic acids is 1. The molecule has 0 bridgehead atoms. The SMILES string of the molecule is CC(C)(C)Oc1ccc(C(O)C(CN2CCCC2)NC(=O)CC2Cc3ccc(F)cc3C2)nc1. The summed E-state index contributed by atoms with van der Waals surface area (Å²) in [6.45, 7) is 8.41. The van der Waals surface area contributed by atoms with Crippen LogP contribution in [0.1, 0.15) is 63.0 Å². The molecule has 6 nitrogen and oxygen atoms in total. The molecule has 1 amide bonds. The van der Waals surface area contributed by atoms with Crippen LogP contribution in [0.2, 0.25) is 0 Å². The van der Waals surface area contributed by atoms with Gasteiger partial charge in [0.25, 0.3) is 0 Å². The highest BCUT2D eigenvalue weighted by atomic mass is 19.1. The molecule has 0 spiro atoms. The summed E-state index contributed by atoms with van der Waals surface area (Å²) in [6, 6.07) is 7.98. The third-order valence-electron chi connectivity index (χ3n) is 6.53. The van der Waals surface area contributed by atoms with E-state index in [-0.39, 0.29) is 23.2 Å². The van der Waals surface area contributed by atoms with E-state index in [0.717, 1.165) is 43.5 Å². The standard InChI is InChI=1S/C27H36FN3O3/c1-27(2,3)34-22-8-9-23(29-16-22)26(33)24(17-31-10-4-5-11-31)30-25(32)14-18-12-19-6-7-21(28)15-20(19)13-18/h6-9,15-16,18,24,26,33H,4-5,10-14,17H2,1-3H3,(H,30,32). The van der Waals surface area contributed by atoms with Crippen LogP contribution in [0.3, 0.4) is 0 Å². The largest absolute Gasteiger partial charge is 0.487 e. The highest BCUT2D eigenvalue weighted by Gasteiger charge is 2.30. The monoisotopic (exact) mass is 469 g/mol. The van der Waals surface area contributed by atoms with E-state index in [2.05, 4.69) is 15.2 Å². The van der Waals surface area contributed by atoms with Gasteiger partial charge in [-0.3, -0.25) is 9.78 Å². The fraction of sp³-hybridized carbons (Fsp3) is 0.556. The number of aliphatic hydroxyl groups is 1. The Morgan fingerprint density at radius 1 is 1.21 bits per heavy atom. The number of aromatic nitrogens is 1. The third-order valence-corrected chi connectivity index (χ3v) is 6.53. The summed E-state index contributed by atoms with van der Waals surface area (Å²) < 4.78 is 19.4. The second-order valence-corrected chi connectivity index (χ2v) is 10.7. The van der Waals surface area contributed by atoms with Crippen molar-refractivity contribution in [3.63, 3.8) is 0 Å². The van der Waals surface area contributed by atoms with Crippen LogP contribution in [-0.2, 0) is 17.6 Å². The normalized spacial score (nSPS) is 20.1. The van der Waals surface area contributed by atoms with Gasteiger partial charge in [0, 0.05) is 13.0 Å². The molecule has 1 fully saturated rings. The molecule has 3 unspecified atom stereocenters. The van der Waals surface area contributed by atoms with Crippen LogP contribution in [0.5, 0.6) is 5.75 Å². The Kier molecular flexibility index (Phi) is 7.53. The zero-order chi connectivity index (χ0) is 24.3. The summed E-state index contributed by atoms with van der Waals surface area (Å²) in [5.74, 6) is 0.465. The van der Waals surface area contributed by atoms with Crippen molar-refractivity contribution in [3.05, 3.63) is 59.2 Å². The van der Waals surface area contributed by atoms with Crippen molar-refractivity contribution in [1.29, 1.82) is 0 Å². The van der Waals surface area contributed by atoms with E-state index >= 15 is 0 Å². The first kappa shape index (κ1) is 24.6. The maximum atomic E-state index is 13.5. The van der Waals surface area contributed by atoms with Crippen molar-refractivity contribution in [2.75, 3.05) is 19.6 Å². The predicted molar refractivity (Wildman–Crippen MR) is 129 cm³/mol. The molecule has 0 radical (unpaired) electrons. The minimum Gasteiger partial charge on any atom is -0.487 e. The molecule has 2 N–H and O–H groups in total. The molecule has 1 aliphatic heterocycles. The molecule has 1 aromatic carbocycles. The number of carbonyl (C=O) groups is 1. The molecule has 1 saturated heterocycles. The highest BCUT2D eigenvalue weighted by molar-refractivity contribution is 5.77. The van der Waals surface area contributed by atoms with Crippen LogP contribution in [-0.4, -0.2) is 52.2 Å². The summed E-state index contributed by atoms with van der Waals surface area (Å²) in [7, 11) is 0. The molecule has 4 rings (SSSR count). The number of nitrogens with zero attached hydrogens (tertiary/aromatic N) is 2. The highest BCUT2D eigenvalue weighted by Crippen LogP contribution is 2.30. The third kappa shape index (κ3) is 6.54. The number of benzene rings is 1. The summed E-state index contributed by atoms with van der Waals surface area (Å²) in [4.78, 5) is 19.7. The van der Waals surface area contributed by atoms with Crippen molar-refractivity contribution < 1.29 is 19.0 Å². The molecule has 7 heteroatoms. The number of halogens is 1. The van der Waals surface area contributed by atoms with E-state index in [1.54, 1.807) is 24.4 Å². The molecule has 2 heterocycles. The Hall–Kier alpha value is -2.51. The van der Waals surface area contributed by atoms with Gasteiger partial charge in [-0.25, -0.2) is 4.39 Å². The van der Waals surface area contributed by atoms with E-state index in [1.807, 2.05) is 26.8 Å². The van der Waals surface area contributed by atoms with E-state index in [1.165, 1.54) is 6.07 Å². The Morgan fingerprint density at radius 2 is 1.94 bits per heavy atom. The van der Waals surface area contributed by atoms with Crippen molar-refractivity contribution in [2.24, 2.45) is 5.92 Å². The van der Waals surface area contributed by atoms with Crippen LogP contribution in [0, 0.1) is 11.7 Å². The smallest absolute Gasteiger partial charge is 0.220 e. The number of amides is 1. The fourth-order valence-corrected chi connectivity index (χ4v) is 5.00. The first-order valence-electron chi connectivity index (χ1n) is 12.3. The molecule has 0 saturated carbocycles. The zero-order valence-corrected chi connectivity index (χ0v) is 20.4. The minimum absolute atomic E-state index is 0.0887. The molecule has 2 aromatic rings. The maximum absolute atomic E-state index is 13.5. The van der Waals surface area contributed by atoms with E-state index < -0.39 is 12.1 Å². The lowest BCUT2D eigenvalue weighted by molar-refractivity contribution is -0.123. The van der Waals surface area contributed by atoms with Crippen LogP contribution in [0.25, 0.3) is 0 Å². The number of ether oxygens (including phenoxy) is 1. The first-order valence-corrected chi connectivity index (χ1v) is 12.3. The quantitative estimate of drug-likeness (QED) is 0.615. The number of likely N-dealkylation sites (tertiary alicyclic amines) is 1. The molecule has 1 aliphatic carbocycles. The van der Waals surface area contributed by atoms with E-state index in [4.69, 9.17) is 4.74 Å². The molecule has 3 atom stereocenters. The lowest BCUT2D eigenvalue weighted by Crippen LogP contribution is -2.47. The van der Waals surface area contributed by atoms with Crippen molar-refractivity contribution in [3.8, 4) is 5.75 Å². The van der Waals surface area contributed by atoms with Gasteiger partial charge in [-0.1, -0.05) is 6.07 Å². The van der Waals surface area contributed by atoms with Gasteiger partial charge in [0.1, 0.15) is 23.3 Å². The van der Waals surface area contributed by atoms with Gasteiger partial charge in [-0.15, -0.1) is 0 Å². The minimum atomic E-state index is -0.928. The Labute approximate surface area is 201 Å². The average molecular weight is 470 g/mol. The number of aliphatic hydroxyl groups excluding tert-OH is 1. The summed E-state index contributed by atoms with van der Waals surface area (Å²) in [5, 5.41) is 14.2. The fourth-order valence-electron chi connectivity index (χ4n) is 5.00. The van der Waals surface area contributed by atoms with Crippen molar-refractivity contribution >= 4 is 5.91 Å². The van der Waals surface area contributed by atoms with E-state index in [9.17, 15) is 14.3 Å². The number of hydrogen-bond acceptors (Lipinski definition) is 5. The van der Waals surface area contributed by atoms with Gasteiger partial charge in [0.05, 0.1) is 17.9 Å². The molecule has 34 heavy (non-hydrogen) atoms. The Morgan fingerprint density at radius 3 is 2.62 bits per heavy atom. The van der Waals surface area contributed by atoms with Crippen LogP contribution in [0.4, 0.5) is 4.39 Å². The van der Waals surface area contributed by atoms with Gasteiger partial charge in [-0.2, -0.15) is 0 Å². The zero-order valence-electron chi connectivity index (χ0n) is 20.4. The lowest BCUT2D eigenvalue weighted by atomic mass is 10.0. The average Bonchev–Trinajstić information content (AvgIpc) is 3.41. The molecule has 2 aliphatic rings. The molecular weight excluding hydrogens is 433 g/mol. The van der Waals surface area contributed by atoms with Crippen LogP contribution < -0.4 is 10.1 Å². The number of rotatable bonds is 8. The second-order valence-electron chi connectivity index (χ2n) is 10.7. The molecule has 1 aromatic heterocycles. The summed E-state index contributed by atoms with van der Waals surface area (Å²) in [5.41, 5.74) is 2.29. The predicted octanol–water partition coefficient (Wildman–Crippen LogP) is 3.82. The van der Waals surface area contributed by atoms with Crippen molar-refractivity contribution in [2.45, 2.75) is 70.6 Å². The van der Waals surface area contributed by atoms with Gasteiger partial charge in [0.2, 0.25) is 5.91 Å². The van der Waals surface area contributed by atoms with Crippen molar-refractivity contribution in [1.82, 2.24) is 15.2 Å². The molecular formula is C27H36FN3O3. The van der Waals surface area contributed by atoms with Gasteiger partial charge < -0.3 is 20.1 Å². The Balaban J connectivity index is 1.40. The van der Waals surface area contributed by atoms with E-state index in [0.29, 0.717) is 30.8 Å². The number of pyridine rings is 1. The van der Waals surface area contributed by atoms with Gasteiger partial charge in [0.15, 0.2) is 0 Å². The van der Waals surface area contributed by atoms with Crippen LogP contribution in [0.15, 0.2) is 36.5 Å². The first-order chi connectivity index (χ1) is 16.2. The Bertz CT molecular complexity index is 984. The molecule has 184 valence electrons. The number of fused-ring (bicyclic) bond motifs is 1.